The van der Waals surface area contributed by atoms with Crippen molar-refractivity contribution >= 4 is 17.4 Å². The van der Waals surface area contributed by atoms with Gasteiger partial charge in [0.2, 0.25) is 0 Å². The highest BCUT2D eigenvalue weighted by atomic mass is 19.1. The monoisotopic (exact) mass is 418 g/mol. The number of benzene rings is 2. The fourth-order valence-electron chi connectivity index (χ4n) is 3.63. The van der Waals surface area contributed by atoms with Crippen LogP contribution < -0.4 is 0 Å². The summed E-state index contributed by atoms with van der Waals surface area (Å²) in [4.78, 5) is 31.2. The number of likely N-dealkylation sites (tertiary alicyclic amines) is 1. The van der Waals surface area contributed by atoms with E-state index in [1.807, 2.05) is 0 Å². The fourth-order valence-corrected chi connectivity index (χ4v) is 3.63. The molecule has 1 aromatic heterocycles. The molecule has 1 unspecified atom stereocenters. The predicted octanol–water partition coefficient (Wildman–Crippen LogP) is 3.86. The van der Waals surface area contributed by atoms with E-state index in [0.717, 1.165) is 11.6 Å². The summed E-state index contributed by atoms with van der Waals surface area (Å²) >= 11 is 0. The normalized spacial score (nSPS) is 17.9. The van der Waals surface area contributed by atoms with Gasteiger partial charge in [-0.2, -0.15) is 0 Å². The summed E-state index contributed by atoms with van der Waals surface area (Å²) < 4.78 is 14.1. The molecule has 1 saturated heterocycles. The standard InChI is InChI=1S/C24H19FN2O4/c1-14-2-3-17(12-19(14)25)22(29)20-21(16-4-6-18(28)7-5-16)27(24(31)23(20)30)13-15-8-10-26-11-9-15/h2-12,21,28-29H,13H2,1H3/b22-20-. The molecule has 0 spiro atoms. The summed E-state index contributed by atoms with van der Waals surface area (Å²) in [6.07, 6.45) is 3.16. The minimum absolute atomic E-state index is 0.0236. The average molecular weight is 418 g/mol. The van der Waals surface area contributed by atoms with Gasteiger partial charge >= 0.3 is 0 Å². The maximum absolute atomic E-state index is 14.1. The topological polar surface area (TPSA) is 90.7 Å². The third-order valence-corrected chi connectivity index (χ3v) is 5.30. The molecule has 1 fully saturated rings. The van der Waals surface area contributed by atoms with Gasteiger partial charge in [0.15, 0.2) is 0 Å². The second kappa shape index (κ2) is 8.02. The molecule has 1 aliphatic rings. The van der Waals surface area contributed by atoms with E-state index >= 15 is 0 Å². The summed E-state index contributed by atoms with van der Waals surface area (Å²) in [5.41, 5.74) is 1.65. The molecule has 3 aromatic rings. The molecule has 7 heteroatoms. The third-order valence-electron chi connectivity index (χ3n) is 5.30. The van der Waals surface area contributed by atoms with E-state index in [1.54, 1.807) is 43.6 Å². The van der Waals surface area contributed by atoms with Gasteiger partial charge in [-0.3, -0.25) is 14.6 Å². The number of aromatic nitrogens is 1. The van der Waals surface area contributed by atoms with Crippen LogP contribution in [0.15, 0.2) is 72.6 Å². The van der Waals surface area contributed by atoms with Crippen LogP contribution in [-0.2, 0) is 16.1 Å². The molecule has 0 radical (unpaired) electrons. The minimum Gasteiger partial charge on any atom is -0.508 e. The molecule has 2 aromatic carbocycles. The average Bonchev–Trinajstić information content (AvgIpc) is 3.01. The van der Waals surface area contributed by atoms with Crippen molar-refractivity contribution in [2.75, 3.05) is 0 Å². The quantitative estimate of drug-likeness (QED) is 0.382. The Balaban J connectivity index is 1.87. The van der Waals surface area contributed by atoms with Crippen molar-refractivity contribution in [2.45, 2.75) is 19.5 Å². The van der Waals surface area contributed by atoms with Crippen molar-refractivity contribution in [3.63, 3.8) is 0 Å². The van der Waals surface area contributed by atoms with Gasteiger partial charge in [-0.1, -0.05) is 24.3 Å². The largest absolute Gasteiger partial charge is 0.508 e. The van der Waals surface area contributed by atoms with E-state index in [2.05, 4.69) is 4.98 Å². The lowest BCUT2D eigenvalue weighted by molar-refractivity contribution is -0.140. The number of hydrogen-bond donors (Lipinski definition) is 2. The van der Waals surface area contributed by atoms with Crippen LogP contribution in [0.2, 0.25) is 0 Å². The molecule has 0 aliphatic carbocycles. The first-order valence-corrected chi connectivity index (χ1v) is 9.59. The van der Waals surface area contributed by atoms with E-state index < -0.39 is 29.3 Å². The summed E-state index contributed by atoms with van der Waals surface area (Å²) in [5, 5.41) is 20.6. The first-order valence-electron chi connectivity index (χ1n) is 9.59. The summed E-state index contributed by atoms with van der Waals surface area (Å²) in [5.74, 6) is -2.59. The number of phenolic OH excluding ortho intramolecular Hbond substituents is 1. The highest BCUT2D eigenvalue weighted by Crippen LogP contribution is 2.40. The summed E-state index contributed by atoms with van der Waals surface area (Å²) in [7, 11) is 0. The Morgan fingerprint density at radius 1 is 1.06 bits per heavy atom. The van der Waals surface area contributed by atoms with Crippen molar-refractivity contribution in [3.05, 3.63) is 101 Å². The maximum atomic E-state index is 14.1. The lowest BCUT2D eigenvalue weighted by Gasteiger charge is -2.25. The van der Waals surface area contributed by atoms with Crippen LogP contribution in [0.1, 0.15) is 28.3 Å². The molecule has 0 saturated carbocycles. The number of rotatable bonds is 4. The summed E-state index contributed by atoms with van der Waals surface area (Å²) in [6.45, 7) is 1.70. The zero-order valence-electron chi connectivity index (χ0n) is 16.6. The number of aryl methyl sites for hydroxylation is 1. The van der Waals surface area contributed by atoms with E-state index in [1.165, 1.54) is 29.2 Å². The number of pyridine rings is 1. The lowest BCUT2D eigenvalue weighted by atomic mass is 9.94. The van der Waals surface area contributed by atoms with Crippen LogP contribution >= 0.6 is 0 Å². The molecule has 4 rings (SSSR count). The van der Waals surface area contributed by atoms with Gasteiger partial charge in [0, 0.05) is 24.5 Å². The predicted molar refractivity (Wildman–Crippen MR) is 111 cm³/mol. The van der Waals surface area contributed by atoms with Crippen LogP contribution in [0, 0.1) is 12.7 Å². The molecule has 0 bridgehead atoms. The van der Waals surface area contributed by atoms with Crippen molar-refractivity contribution < 1.29 is 24.2 Å². The molecule has 2 N–H and O–H groups in total. The van der Waals surface area contributed by atoms with Crippen molar-refractivity contribution in [1.82, 2.24) is 9.88 Å². The molecule has 6 nitrogen and oxygen atoms in total. The minimum atomic E-state index is -0.905. The Hall–Kier alpha value is -4.00. The fraction of sp³-hybridized carbons (Fsp3) is 0.125. The Labute approximate surface area is 177 Å². The van der Waals surface area contributed by atoms with Crippen LogP contribution in [-0.4, -0.2) is 31.8 Å². The first-order chi connectivity index (χ1) is 14.9. The van der Waals surface area contributed by atoms with Crippen molar-refractivity contribution in [3.8, 4) is 5.75 Å². The molecular weight excluding hydrogens is 399 g/mol. The number of ketones is 1. The number of carbonyl (C=O) groups is 2. The number of aliphatic hydroxyl groups is 1. The van der Waals surface area contributed by atoms with Crippen molar-refractivity contribution in [1.29, 1.82) is 0 Å². The number of phenols is 1. The smallest absolute Gasteiger partial charge is 0.295 e. The zero-order chi connectivity index (χ0) is 22.1. The van der Waals surface area contributed by atoms with E-state index in [0.29, 0.717) is 11.1 Å². The summed E-state index contributed by atoms with van der Waals surface area (Å²) in [6, 6.07) is 12.7. The van der Waals surface area contributed by atoms with Crippen LogP contribution in [0.3, 0.4) is 0 Å². The maximum Gasteiger partial charge on any atom is 0.295 e. The molecule has 1 aliphatic heterocycles. The Morgan fingerprint density at radius 3 is 2.39 bits per heavy atom. The number of amides is 1. The van der Waals surface area contributed by atoms with E-state index in [4.69, 9.17) is 0 Å². The number of Topliss-reactive ketones (excluding diaryl/α,β-unsaturated/α-hetero) is 1. The van der Waals surface area contributed by atoms with Gasteiger partial charge in [0.05, 0.1) is 11.6 Å². The van der Waals surface area contributed by atoms with Gasteiger partial charge in [-0.05, 0) is 53.9 Å². The molecule has 1 atom stereocenters. The number of halogens is 1. The number of aromatic hydroxyl groups is 1. The first kappa shape index (κ1) is 20.3. The number of carbonyl (C=O) groups excluding carboxylic acids is 2. The Kier molecular flexibility index (Phi) is 5.25. The second-order valence-electron chi connectivity index (χ2n) is 7.34. The molecule has 31 heavy (non-hydrogen) atoms. The van der Waals surface area contributed by atoms with Gasteiger partial charge in [0.1, 0.15) is 17.3 Å². The van der Waals surface area contributed by atoms with Crippen molar-refractivity contribution in [2.24, 2.45) is 0 Å². The molecule has 2 heterocycles. The highest BCUT2D eigenvalue weighted by molar-refractivity contribution is 6.46. The zero-order valence-corrected chi connectivity index (χ0v) is 16.6. The van der Waals surface area contributed by atoms with Crippen LogP contribution in [0.25, 0.3) is 5.76 Å². The lowest BCUT2D eigenvalue weighted by Crippen LogP contribution is -2.29. The Morgan fingerprint density at radius 2 is 1.74 bits per heavy atom. The number of hydrogen-bond acceptors (Lipinski definition) is 5. The SMILES string of the molecule is Cc1ccc(/C(O)=C2/C(=O)C(=O)N(Cc3ccncc3)C2c2ccc(O)cc2)cc1F. The highest BCUT2D eigenvalue weighted by Gasteiger charge is 2.46. The third kappa shape index (κ3) is 3.77. The van der Waals surface area contributed by atoms with Gasteiger partial charge in [0.25, 0.3) is 11.7 Å². The molecular formula is C24H19FN2O4. The van der Waals surface area contributed by atoms with Gasteiger partial charge in [-0.25, -0.2) is 4.39 Å². The van der Waals surface area contributed by atoms with Gasteiger partial charge < -0.3 is 15.1 Å². The van der Waals surface area contributed by atoms with Gasteiger partial charge in [-0.15, -0.1) is 0 Å². The Bertz CT molecular complexity index is 1190. The van der Waals surface area contributed by atoms with Crippen LogP contribution in [0.4, 0.5) is 4.39 Å². The second-order valence-corrected chi connectivity index (χ2v) is 7.34. The van der Waals surface area contributed by atoms with E-state index in [9.17, 15) is 24.2 Å². The van der Waals surface area contributed by atoms with E-state index in [-0.39, 0.29) is 23.4 Å². The molecule has 1 amide bonds. The van der Waals surface area contributed by atoms with Crippen LogP contribution in [0.5, 0.6) is 5.75 Å². The number of nitrogens with zero attached hydrogens (tertiary/aromatic N) is 2. The number of aliphatic hydroxyl groups excluding tert-OH is 1. The molecule has 156 valence electrons.